The van der Waals surface area contributed by atoms with E-state index in [0.717, 1.165) is 47.8 Å². The summed E-state index contributed by atoms with van der Waals surface area (Å²) in [5.41, 5.74) is 3.41. The lowest BCUT2D eigenvalue weighted by Crippen LogP contribution is -2.04. The average Bonchev–Trinajstić information content (AvgIpc) is 3.35. The molecule has 2 aromatic carbocycles. The fraction of sp³-hybridized carbons (Fsp3) is 0.208. The van der Waals surface area contributed by atoms with Crippen molar-refractivity contribution in [1.29, 1.82) is 0 Å². The molecular weight excluding hydrogens is 348 g/mol. The van der Waals surface area contributed by atoms with Gasteiger partial charge in [0.05, 0.1) is 23.9 Å². The molecule has 28 heavy (non-hydrogen) atoms. The molecule has 0 amide bonds. The number of rotatable bonds is 8. The zero-order valence-corrected chi connectivity index (χ0v) is 16.0. The van der Waals surface area contributed by atoms with Crippen LogP contribution in [0.2, 0.25) is 0 Å². The van der Waals surface area contributed by atoms with Gasteiger partial charge in [-0.2, -0.15) is 0 Å². The van der Waals surface area contributed by atoms with Crippen LogP contribution >= 0.6 is 0 Å². The fourth-order valence-corrected chi connectivity index (χ4v) is 3.20. The monoisotopic (exact) mass is 372 g/mol. The quantitative estimate of drug-likeness (QED) is 0.358. The number of benzene rings is 2. The second kappa shape index (κ2) is 8.61. The van der Waals surface area contributed by atoms with E-state index in [0.29, 0.717) is 6.61 Å². The molecule has 0 aliphatic heterocycles. The van der Waals surface area contributed by atoms with Gasteiger partial charge < -0.3 is 13.7 Å². The minimum atomic E-state index is 0.716. The largest absolute Gasteiger partial charge is 0.494 e. The van der Waals surface area contributed by atoms with Gasteiger partial charge in [-0.15, -0.1) is 0 Å². The molecule has 4 rings (SSSR count). The Balaban J connectivity index is 1.40. The Kier molecular flexibility index (Phi) is 5.57. The molecule has 0 bridgehead atoms. The van der Waals surface area contributed by atoms with Crippen molar-refractivity contribution in [2.24, 2.45) is 0 Å². The second-order valence-electron chi connectivity index (χ2n) is 6.83. The van der Waals surface area contributed by atoms with E-state index in [-0.39, 0.29) is 0 Å². The van der Waals surface area contributed by atoms with Crippen LogP contribution in [0.5, 0.6) is 5.75 Å². The lowest BCUT2D eigenvalue weighted by atomic mass is 10.2. The van der Waals surface area contributed by atoms with Gasteiger partial charge in [-0.1, -0.05) is 29.8 Å². The van der Waals surface area contributed by atoms with Crippen LogP contribution in [-0.2, 0) is 6.54 Å². The number of nitrogens with zero attached hydrogens (tertiary/aromatic N) is 2. The van der Waals surface area contributed by atoms with Gasteiger partial charge in [0, 0.05) is 6.54 Å². The van der Waals surface area contributed by atoms with Gasteiger partial charge in [0.15, 0.2) is 0 Å². The van der Waals surface area contributed by atoms with E-state index >= 15 is 0 Å². The number of hydrogen-bond acceptors (Lipinski definition) is 3. The predicted molar refractivity (Wildman–Crippen MR) is 113 cm³/mol. The van der Waals surface area contributed by atoms with Gasteiger partial charge in [-0.05, 0) is 68.3 Å². The maximum absolute atomic E-state index is 5.84. The van der Waals surface area contributed by atoms with Crippen molar-refractivity contribution in [3.05, 3.63) is 84.1 Å². The third-order valence-corrected chi connectivity index (χ3v) is 4.69. The number of unbranched alkanes of at least 4 members (excludes halogenated alkanes) is 1. The minimum Gasteiger partial charge on any atom is -0.494 e. The molecule has 4 aromatic rings. The minimum absolute atomic E-state index is 0.716. The summed E-state index contributed by atoms with van der Waals surface area (Å²) in [6.45, 7) is 3.69. The first-order valence-electron chi connectivity index (χ1n) is 9.66. The highest BCUT2D eigenvalue weighted by Gasteiger charge is 2.08. The molecule has 142 valence electrons. The van der Waals surface area contributed by atoms with Crippen LogP contribution in [-0.4, -0.2) is 16.2 Å². The van der Waals surface area contributed by atoms with E-state index in [1.54, 1.807) is 6.26 Å². The molecule has 0 N–H and O–H groups in total. The highest BCUT2D eigenvalue weighted by atomic mass is 16.5. The van der Waals surface area contributed by atoms with Crippen molar-refractivity contribution in [3.63, 3.8) is 0 Å². The number of ether oxygens (including phenoxy) is 1. The third kappa shape index (κ3) is 4.34. The van der Waals surface area contributed by atoms with E-state index in [2.05, 4.69) is 41.8 Å². The van der Waals surface area contributed by atoms with Crippen LogP contribution in [0.3, 0.4) is 0 Å². The first-order chi connectivity index (χ1) is 13.8. The maximum Gasteiger partial charge on any atom is 0.133 e. The Bertz CT molecular complexity index is 1040. The van der Waals surface area contributed by atoms with E-state index in [1.807, 2.05) is 42.5 Å². The summed E-state index contributed by atoms with van der Waals surface area (Å²) >= 11 is 0. The number of furan rings is 1. The van der Waals surface area contributed by atoms with Gasteiger partial charge in [0.2, 0.25) is 0 Å². The first-order valence-corrected chi connectivity index (χ1v) is 9.66. The number of hydrogen-bond donors (Lipinski definition) is 0. The van der Waals surface area contributed by atoms with E-state index in [9.17, 15) is 0 Å². The number of aromatic nitrogens is 2. The summed E-state index contributed by atoms with van der Waals surface area (Å²) < 4.78 is 13.5. The maximum atomic E-state index is 5.84. The highest BCUT2D eigenvalue weighted by Crippen LogP contribution is 2.19. The smallest absolute Gasteiger partial charge is 0.133 e. The van der Waals surface area contributed by atoms with Crippen molar-refractivity contribution in [2.45, 2.75) is 26.3 Å². The molecule has 0 unspecified atom stereocenters. The van der Waals surface area contributed by atoms with E-state index in [1.165, 1.54) is 5.56 Å². The number of fused-ring (bicyclic) bond motifs is 1. The average molecular weight is 372 g/mol. The fourth-order valence-electron chi connectivity index (χ4n) is 3.20. The lowest BCUT2D eigenvalue weighted by molar-refractivity contribution is 0.303. The SMILES string of the molecule is Cc1ccc(OCCCCn2c(/C=C/c3ccco3)nc3ccccc32)cc1. The first kappa shape index (κ1) is 18.1. The van der Waals surface area contributed by atoms with Crippen LogP contribution in [0.1, 0.15) is 30.0 Å². The molecule has 0 fully saturated rings. The third-order valence-electron chi connectivity index (χ3n) is 4.69. The summed E-state index contributed by atoms with van der Waals surface area (Å²) in [6.07, 6.45) is 7.66. The van der Waals surface area contributed by atoms with Gasteiger partial charge in [0.25, 0.3) is 0 Å². The Morgan fingerprint density at radius 3 is 2.64 bits per heavy atom. The molecular formula is C24H24N2O2. The van der Waals surface area contributed by atoms with Crippen molar-refractivity contribution < 1.29 is 9.15 Å². The second-order valence-corrected chi connectivity index (χ2v) is 6.83. The van der Waals surface area contributed by atoms with Crippen LogP contribution < -0.4 is 4.74 Å². The summed E-state index contributed by atoms with van der Waals surface area (Å²) in [4.78, 5) is 4.77. The normalized spacial score (nSPS) is 11.5. The highest BCUT2D eigenvalue weighted by molar-refractivity contribution is 5.79. The predicted octanol–water partition coefficient (Wildman–Crippen LogP) is 5.97. The summed E-state index contributed by atoms with van der Waals surface area (Å²) in [7, 11) is 0. The van der Waals surface area contributed by atoms with Gasteiger partial charge in [-0.25, -0.2) is 4.98 Å². The zero-order valence-electron chi connectivity index (χ0n) is 16.0. The molecule has 0 spiro atoms. The van der Waals surface area contributed by atoms with Crippen LogP contribution in [0.25, 0.3) is 23.2 Å². The Labute approximate surface area is 165 Å². The molecule has 2 heterocycles. The molecule has 0 atom stereocenters. The Hall–Kier alpha value is -3.27. The number of aryl methyl sites for hydroxylation is 2. The molecule has 4 nitrogen and oxygen atoms in total. The standard InChI is InChI=1S/C24H24N2O2/c1-19-10-12-21(13-11-19)27-17-5-4-16-26-23-9-3-2-8-22(23)25-24(26)15-14-20-7-6-18-28-20/h2-3,6-15,18H,4-5,16-17H2,1H3/b15-14+. The molecule has 0 aliphatic rings. The molecule has 2 aromatic heterocycles. The molecule has 0 radical (unpaired) electrons. The van der Waals surface area contributed by atoms with Crippen LogP contribution in [0, 0.1) is 6.92 Å². The van der Waals surface area contributed by atoms with Crippen LogP contribution in [0.4, 0.5) is 0 Å². The molecule has 0 saturated carbocycles. The number of imidazole rings is 1. The Morgan fingerprint density at radius 2 is 1.82 bits per heavy atom. The van der Waals surface area contributed by atoms with Crippen molar-refractivity contribution >= 4 is 23.2 Å². The molecule has 0 aliphatic carbocycles. The molecule has 4 heteroatoms. The topological polar surface area (TPSA) is 40.2 Å². The lowest BCUT2D eigenvalue weighted by Gasteiger charge is -2.09. The summed E-state index contributed by atoms with van der Waals surface area (Å²) in [5.74, 6) is 2.70. The van der Waals surface area contributed by atoms with Crippen molar-refractivity contribution in [1.82, 2.24) is 9.55 Å². The van der Waals surface area contributed by atoms with Gasteiger partial charge >= 0.3 is 0 Å². The number of para-hydroxylation sites is 2. The van der Waals surface area contributed by atoms with E-state index < -0.39 is 0 Å². The zero-order chi connectivity index (χ0) is 19.2. The van der Waals surface area contributed by atoms with Gasteiger partial charge in [0.1, 0.15) is 17.3 Å². The Morgan fingerprint density at radius 1 is 0.964 bits per heavy atom. The molecule has 0 saturated heterocycles. The van der Waals surface area contributed by atoms with Gasteiger partial charge in [-0.3, -0.25) is 0 Å². The van der Waals surface area contributed by atoms with Crippen LogP contribution in [0.15, 0.2) is 71.3 Å². The summed E-state index contributed by atoms with van der Waals surface area (Å²) in [5, 5.41) is 0. The van der Waals surface area contributed by atoms with Crippen molar-refractivity contribution in [3.8, 4) is 5.75 Å². The van der Waals surface area contributed by atoms with Crippen molar-refractivity contribution in [2.75, 3.05) is 6.61 Å². The van der Waals surface area contributed by atoms with E-state index in [4.69, 9.17) is 14.1 Å². The summed E-state index contributed by atoms with van der Waals surface area (Å²) in [6, 6.07) is 20.3.